The molecule has 0 spiro atoms. The van der Waals surface area contributed by atoms with Crippen LogP contribution in [0.5, 0.6) is 0 Å². The summed E-state index contributed by atoms with van der Waals surface area (Å²) in [4.78, 5) is 18.0. The van der Waals surface area contributed by atoms with E-state index in [1.165, 1.54) is 22.5 Å². The number of hydrogen-bond donors (Lipinski definition) is 0. The average Bonchev–Trinajstić information content (AvgIpc) is 3.08. The summed E-state index contributed by atoms with van der Waals surface area (Å²) >= 11 is 2.96. The van der Waals surface area contributed by atoms with Gasteiger partial charge < -0.3 is 4.57 Å². The Morgan fingerprint density at radius 2 is 2.23 bits per heavy atom. The van der Waals surface area contributed by atoms with Crippen molar-refractivity contribution in [2.45, 2.75) is 20.4 Å². The minimum atomic E-state index is -0.186. The summed E-state index contributed by atoms with van der Waals surface area (Å²) in [6.07, 6.45) is 1.83. The van der Waals surface area contributed by atoms with E-state index in [1.807, 2.05) is 17.5 Å². The zero-order valence-electron chi connectivity index (χ0n) is 12.5. The van der Waals surface area contributed by atoms with Gasteiger partial charge in [-0.15, -0.1) is 17.9 Å². The van der Waals surface area contributed by atoms with Crippen LogP contribution < -0.4 is 4.80 Å². The third-order valence-corrected chi connectivity index (χ3v) is 5.24. The Labute approximate surface area is 136 Å². The molecule has 0 aliphatic carbocycles. The lowest BCUT2D eigenvalue weighted by atomic mass is 10.1. The first-order valence-electron chi connectivity index (χ1n) is 6.94. The van der Waals surface area contributed by atoms with Gasteiger partial charge in [-0.3, -0.25) is 4.79 Å². The van der Waals surface area contributed by atoms with E-state index in [4.69, 9.17) is 0 Å². The number of aromatic nitrogens is 1. The van der Waals surface area contributed by atoms with Crippen LogP contribution in [0.3, 0.4) is 0 Å². The van der Waals surface area contributed by atoms with Gasteiger partial charge in [0.1, 0.15) is 0 Å². The van der Waals surface area contributed by atoms with Crippen molar-refractivity contribution in [3.8, 4) is 0 Å². The van der Waals surface area contributed by atoms with Crippen molar-refractivity contribution in [1.29, 1.82) is 0 Å². The maximum absolute atomic E-state index is 12.3. The lowest BCUT2D eigenvalue weighted by Crippen LogP contribution is -2.16. The molecule has 3 aromatic rings. The molecule has 112 valence electrons. The number of fused-ring (bicyclic) bond motifs is 1. The molecule has 0 unspecified atom stereocenters. The summed E-state index contributed by atoms with van der Waals surface area (Å²) in [7, 11) is 0. The normalized spacial score (nSPS) is 12.0. The number of thiazole rings is 1. The number of nitrogens with zero attached hydrogens (tertiary/aromatic N) is 2. The van der Waals surface area contributed by atoms with Crippen molar-refractivity contribution in [1.82, 2.24) is 4.57 Å². The maximum atomic E-state index is 12.3. The van der Waals surface area contributed by atoms with E-state index in [0.717, 1.165) is 15.0 Å². The zero-order chi connectivity index (χ0) is 15.7. The second-order valence-electron chi connectivity index (χ2n) is 5.11. The van der Waals surface area contributed by atoms with Crippen molar-refractivity contribution < 1.29 is 4.79 Å². The van der Waals surface area contributed by atoms with E-state index in [9.17, 15) is 4.79 Å². The molecule has 0 N–H and O–H groups in total. The lowest BCUT2D eigenvalue weighted by molar-refractivity contribution is 0.100. The molecule has 0 aliphatic rings. The van der Waals surface area contributed by atoms with Crippen molar-refractivity contribution in [2.75, 3.05) is 0 Å². The fourth-order valence-corrected chi connectivity index (χ4v) is 4.34. The highest BCUT2D eigenvalue weighted by Gasteiger charge is 2.11. The Balaban J connectivity index is 2.24. The molecule has 5 heteroatoms. The molecule has 0 saturated heterocycles. The summed E-state index contributed by atoms with van der Waals surface area (Å²) in [5, 5.41) is 1.89. The van der Waals surface area contributed by atoms with Gasteiger partial charge in [0.15, 0.2) is 4.80 Å². The quantitative estimate of drug-likeness (QED) is 0.660. The van der Waals surface area contributed by atoms with Crippen LogP contribution in [0.2, 0.25) is 0 Å². The molecule has 0 saturated carbocycles. The van der Waals surface area contributed by atoms with Crippen molar-refractivity contribution in [2.24, 2.45) is 4.99 Å². The van der Waals surface area contributed by atoms with Gasteiger partial charge in [0.2, 0.25) is 0 Å². The number of aryl methyl sites for hydroxylation is 2. The summed E-state index contributed by atoms with van der Waals surface area (Å²) in [6.45, 7) is 8.63. The second-order valence-corrected chi connectivity index (χ2v) is 7.06. The highest BCUT2D eigenvalue weighted by atomic mass is 32.1. The van der Waals surface area contributed by atoms with Gasteiger partial charge in [0.05, 0.1) is 15.1 Å². The van der Waals surface area contributed by atoms with Crippen molar-refractivity contribution >= 4 is 38.8 Å². The Morgan fingerprint density at radius 3 is 2.91 bits per heavy atom. The zero-order valence-corrected chi connectivity index (χ0v) is 14.1. The molecular weight excluding hydrogens is 312 g/mol. The van der Waals surface area contributed by atoms with Crippen molar-refractivity contribution in [3.63, 3.8) is 0 Å². The molecule has 0 fully saturated rings. The first kappa shape index (κ1) is 14.9. The van der Waals surface area contributed by atoms with Crippen LogP contribution in [0.25, 0.3) is 10.2 Å². The van der Waals surface area contributed by atoms with Crippen LogP contribution in [0.4, 0.5) is 0 Å². The number of carbonyl (C=O) groups is 1. The SMILES string of the molecule is C=CCn1c(=NC(=O)c2cccs2)sc2cc(C)cc(C)c21. The van der Waals surface area contributed by atoms with Crippen LogP contribution in [0.1, 0.15) is 20.8 Å². The monoisotopic (exact) mass is 328 g/mol. The number of rotatable bonds is 3. The van der Waals surface area contributed by atoms with Gasteiger partial charge >= 0.3 is 0 Å². The summed E-state index contributed by atoms with van der Waals surface area (Å²) < 4.78 is 3.21. The lowest BCUT2D eigenvalue weighted by Gasteiger charge is -2.05. The van der Waals surface area contributed by atoms with Gasteiger partial charge in [0.25, 0.3) is 5.91 Å². The Hall–Kier alpha value is -1.98. The summed E-state index contributed by atoms with van der Waals surface area (Å²) in [5.41, 5.74) is 3.54. The molecule has 22 heavy (non-hydrogen) atoms. The largest absolute Gasteiger partial charge is 0.312 e. The Morgan fingerprint density at radius 1 is 1.41 bits per heavy atom. The maximum Gasteiger partial charge on any atom is 0.289 e. The van der Waals surface area contributed by atoms with Crippen LogP contribution in [0.15, 0.2) is 47.3 Å². The fraction of sp³-hybridized carbons (Fsp3) is 0.176. The van der Waals surface area contributed by atoms with Gasteiger partial charge in [-0.25, -0.2) is 0 Å². The van der Waals surface area contributed by atoms with E-state index in [2.05, 4.69) is 42.1 Å². The molecular formula is C17H16N2OS2. The van der Waals surface area contributed by atoms with Gasteiger partial charge in [0, 0.05) is 6.54 Å². The molecule has 0 aliphatic heterocycles. The summed E-state index contributed by atoms with van der Waals surface area (Å²) in [5.74, 6) is -0.186. The third-order valence-electron chi connectivity index (χ3n) is 3.35. The number of thiophene rings is 1. The molecule has 0 radical (unpaired) electrons. The highest BCUT2D eigenvalue weighted by Crippen LogP contribution is 2.23. The molecule has 1 amide bonds. The number of benzene rings is 1. The van der Waals surface area contributed by atoms with Crippen LogP contribution in [-0.2, 0) is 6.54 Å². The standard InChI is InChI=1S/C17H16N2OS2/c1-4-7-19-15-12(3)9-11(2)10-14(15)22-17(19)18-16(20)13-6-5-8-21-13/h4-6,8-10H,1,7H2,2-3H3. The molecule has 0 atom stereocenters. The molecule has 2 aromatic heterocycles. The van der Waals surface area contributed by atoms with E-state index >= 15 is 0 Å². The minimum absolute atomic E-state index is 0.186. The smallest absolute Gasteiger partial charge is 0.289 e. The Kier molecular flexibility index (Phi) is 4.09. The van der Waals surface area contributed by atoms with Crippen LogP contribution in [-0.4, -0.2) is 10.5 Å². The average molecular weight is 328 g/mol. The van der Waals surface area contributed by atoms with Gasteiger partial charge in [-0.05, 0) is 42.5 Å². The van der Waals surface area contributed by atoms with E-state index in [1.54, 1.807) is 17.4 Å². The first-order chi connectivity index (χ1) is 10.6. The van der Waals surface area contributed by atoms with Gasteiger partial charge in [-0.1, -0.05) is 29.5 Å². The molecule has 3 nitrogen and oxygen atoms in total. The highest BCUT2D eigenvalue weighted by molar-refractivity contribution is 7.16. The molecule has 1 aromatic carbocycles. The van der Waals surface area contributed by atoms with E-state index in [-0.39, 0.29) is 5.91 Å². The molecule has 0 bridgehead atoms. The number of carbonyl (C=O) groups excluding carboxylic acids is 1. The van der Waals surface area contributed by atoms with E-state index < -0.39 is 0 Å². The predicted molar refractivity (Wildman–Crippen MR) is 93.7 cm³/mol. The Bertz CT molecular complexity index is 914. The third kappa shape index (κ3) is 2.69. The number of amides is 1. The van der Waals surface area contributed by atoms with Crippen LogP contribution in [0, 0.1) is 13.8 Å². The summed E-state index contributed by atoms with van der Waals surface area (Å²) in [6, 6.07) is 7.96. The minimum Gasteiger partial charge on any atom is -0.312 e. The van der Waals surface area contributed by atoms with E-state index in [0.29, 0.717) is 11.4 Å². The first-order valence-corrected chi connectivity index (χ1v) is 8.64. The van der Waals surface area contributed by atoms with Crippen LogP contribution >= 0.6 is 22.7 Å². The van der Waals surface area contributed by atoms with Gasteiger partial charge in [-0.2, -0.15) is 4.99 Å². The fourth-order valence-electron chi connectivity index (χ4n) is 2.52. The number of allylic oxidation sites excluding steroid dienone is 1. The predicted octanol–water partition coefficient (Wildman–Crippen LogP) is 4.31. The second kappa shape index (κ2) is 6.02. The topological polar surface area (TPSA) is 34.4 Å². The molecule has 2 heterocycles. The number of hydrogen-bond acceptors (Lipinski definition) is 3. The van der Waals surface area contributed by atoms with Crippen molar-refractivity contribution in [3.05, 3.63) is 63.1 Å². The molecule has 3 rings (SSSR count).